The summed E-state index contributed by atoms with van der Waals surface area (Å²) in [5.41, 5.74) is 0.114. The van der Waals surface area contributed by atoms with Crippen molar-refractivity contribution in [2.75, 3.05) is 5.32 Å². The number of hydrogen-bond donors (Lipinski definition) is 2. The Morgan fingerprint density at radius 1 is 1.39 bits per heavy atom. The van der Waals surface area contributed by atoms with Gasteiger partial charge < -0.3 is 10.4 Å². The van der Waals surface area contributed by atoms with E-state index in [1.54, 1.807) is 0 Å². The number of hydrogen-bond acceptors (Lipinski definition) is 3. The first-order valence-corrected chi connectivity index (χ1v) is 5.35. The van der Waals surface area contributed by atoms with Crippen LogP contribution < -0.4 is 5.32 Å². The van der Waals surface area contributed by atoms with Gasteiger partial charge in [0.1, 0.15) is 11.6 Å². The zero-order valence-corrected chi connectivity index (χ0v) is 9.78. The SMILES string of the molecule is O=C(Nc1cnccc1Cl)c1cc(F)ccc1O. The van der Waals surface area contributed by atoms with E-state index in [1.165, 1.54) is 18.5 Å². The number of nitrogens with zero attached hydrogens (tertiary/aromatic N) is 1. The molecule has 1 amide bonds. The van der Waals surface area contributed by atoms with Crippen molar-refractivity contribution in [1.82, 2.24) is 4.98 Å². The average molecular weight is 267 g/mol. The second-order valence-corrected chi connectivity index (χ2v) is 3.88. The summed E-state index contributed by atoms with van der Waals surface area (Å²) in [6.45, 7) is 0. The highest BCUT2D eigenvalue weighted by atomic mass is 35.5. The molecule has 6 heteroatoms. The molecule has 0 radical (unpaired) electrons. The van der Waals surface area contributed by atoms with Crippen molar-refractivity contribution in [3.8, 4) is 5.75 Å². The fraction of sp³-hybridized carbons (Fsp3) is 0. The van der Waals surface area contributed by atoms with Crippen LogP contribution in [0.4, 0.5) is 10.1 Å². The van der Waals surface area contributed by atoms with Crippen molar-refractivity contribution in [3.63, 3.8) is 0 Å². The van der Waals surface area contributed by atoms with Gasteiger partial charge in [0.2, 0.25) is 0 Å². The maximum Gasteiger partial charge on any atom is 0.259 e. The molecule has 1 aromatic heterocycles. The lowest BCUT2D eigenvalue weighted by Crippen LogP contribution is -2.12. The lowest BCUT2D eigenvalue weighted by atomic mass is 10.2. The molecule has 4 nitrogen and oxygen atoms in total. The van der Waals surface area contributed by atoms with Crippen LogP contribution in [0.5, 0.6) is 5.75 Å². The second kappa shape index (κ2) is 5.01. The third-order valence-corrected chi connectivity index (χ3v) is 2.55. The van der Waals surface area contributed by atoms with Gasteiger partial charge in [0.05, 0.1) is 22.5 Å². The highest BCUT2D eigenvalue weighted by molar-refractivity contribution is 6.33. The number of pyridine rings is 1. The van der Waals surface area contributed by atoms with Crippen molar-refractivity contribution in [2.24, 2.45) is 0 Å². The lowest BCUT2D eigenvalue weighted by molar-refractivity contribution is 0.102. The highest BCUT2D eigenvalue weighted by Crippen LogP contribution is 2.23. The number of nitrogens with one attached hydrogen (secondary N) is 1. The third kappa shape index (κ3) is 2.57. The van der Waals surface area contributed by atoms with Crippen LogP contribution >= 0.6 is 11.6 Å². The normalized spacial score (nSPS) is 10.1. The zero-order chi connectivity index (χ0) is 13.1. The van der Waals surface area contributed by atoms with Crippen LogP contribution in [0.1, 0.15) is 10.4 Å². The van der Waals surface area contributed by atoms with Crippen molar-refractivity contribution < 1.29 is 14.3 Å². The standard InChI is InChI=1S/C12H8ClFN2O2/c13-9-3-4-15-6-10(9)16-12(18)8-5-7(14)1-2-11(8)17/h1-6,17H,(H,16,18). The van der Waals surface area contributed by atoms with E-state index < -0.39 is 11.7 Å². The van der Waals surface area contributed by atoms with Crippen molar-refractivity contribution in [2.45, 2.75) is 0 Å². The molecule has 0 fully saturated rings. The number of benzene rings is 1. The molecule has 0 saturated heterocycles. The number of phenols is 1. The zero-order valence-electron chi connectivity index (χ0n) is 9.02. The second-order valence-electron chi connectivity index (χ2n) is 3.47. The highest BCUT2D eigenvalue weighted by Gasteiger charge is 2.13. The summed E-state index contributed by atoms with van der Waals surface area (Å²) in [7, 11) is 0. The Bertz CT molecular complexity index is 604. The van der Waals surface area contributed by atoms with Crippen LogP contribution in [0.3, 0.4) is 0 Å². The molecule has 18 heavy (non-hydrogen) atoms. The van der Waals surface area contributed by atoms with Crippen LogP contribution in [0.15, 0.2) is 36.7 Å². The van der Waals surface area contributed by atoms with E-state index in [9.17, 15) is 14.3 Å². The Kier molecular flexibility index (Phi) is 3.43. The van der Waals surface area contributed by atoms with E-state index in [0.717, 1.165) is 18.2 Å². The van der Waals surface area contributed by atoms with Crippen molar-refractivity contribution >= 4 is 23.2 Å². The average Bonchev–Trinajstić information content (AvgIpc) is 2.35. The first kappa shape index (κ1) is 12.3. The van der Waals surface area contributed by atoms with Gasteiger partial charge in [-0.15, -0.1) is 0 Å². The Balaban J connectivity index is 2.28. The quantitative estimate of drug-likeness (QED) is 0.879. The van der Waals surface area contributed by atoms with E-state index in [-0.39, 0.29) is 17.0 Å². The predicted molar refractivity (Wildman–Crippen MR) is 65.3 cm³/mol. The van der Waals surface area contributed by atoms with Crippen LogP contribution in [0.25, 0.3) is 0 Å². The van der Waals surface area contributed by atoms with Gasteiger partial charge in [0, 0.05) is 6.20 Å². The van der Waals surface area contributed by atoms with Crippen molar-refractivity contribution in [1.29, 1.82) is 0 Å². The van der Waals surface area contributed by atoms with Crippen LogP contribution in [0, 0.1) is 5.82 Å². The fourth-order valence-electron chi connectivity index (χ4n) is 1.35. The lowest BCUT2D eigenvalue weighted by Gasteiger charge is -2.07. The summed E-state index contributed by atoms with van der Waals surface area (Å²) in [4.78, 5) is 15.6. The van der Waals surface area contributed by atoms with Crippen LogP contribution in [0.2, 0.25) is 5.02 Å². The monoisotopic (exact) mass is 266 g/mol. The van der Waals surface area contributed by atoms with E-state index in [2.05, 4.69) is 10.3 Å². The first-order valence-electron chi connectivity index (χ1n) is 4.97. The summed E-state index contributed by atoms with van der Waals surface area (Å²) >= 11 is 5.84. The Morgan fingerprint density at radius 3 is 2.89 bits per heavy atom. The minimum absolute atomic E-state index is 0.171. The predicted octanol–water partition coefficient (Wildman–Crippen LogP) is 2.83. The Labute approximate surface area is 107 Å². The molecule has 0 atom stereocenters. The van der Waals surface area contributed by atoms with Gasteiger partial charge in [-0.3, -0.25) is 9.78 Å². The van der Waals surface area contributed by atoms with E-state index in [4.69, 9.17) is 11.6 Å². The molecular formula is C12H8ClFN2O2. The Hall–Kier alpha value is -2.14. The molecule has 0 bridgehead atoms. The van der Waals surface area contributed by atoms with Gasteiger partial charge in [-0.1, -0.05) is 11.6 Å². The first-order chi connectivity index (χ1) is 8.58. The van der Waals surface area contributed by atoms with Crippen LogP contribution in [-0.2, 0) is 0 Å². The minimum atomic E-state index is -0.665. The number of rotatable bonds is 2. The van der Waals surface area contributed by atoms with E-state index in [1.807, 2.05) is 0 Å². The molecule has 92 valence electrons. The van der Waals surface area contributed by atoms with Gasteiger partial charge in [0.25, 0.3) is 5.91 Å². The third-order valence-electron chi connectivity index (χ3n) is 2.22. The number of aromatic nitrogens is 1. The van der Waals surface area contributed by atoms with Crippen LogP contribution in [-0.4, -0.2) is 16.0 Å². The molecule has 1 heterocycles. The molecule has 2 N–H and O–H groups in total. The molecule has 2 rings (SSSR count). The summed E-state index contributed by atoms with van der Waals surface area (Å²) in [5.74, 6) is -1.59. The van der Waals surface area contributed by atoms with Gasteiger partial charge in [-0.05, 0) is 24.3 Å². The molecule has 1 aromatic carbocycles. The summed E-state index contributed by atoms with van der Waals surface area (Å²) in [5, 5.41) is 12.2. The molecule has 0 spiro atoms. The summed E-state index contributed by atoms with van der Waals surface area (Å²) in [6.07, 6.45) is 2.83. The maximum atomic E-state index is 13.0. The topological polar surface area (TPSA) is 62.2 Å². The number of aromatic hydroxyl groups is 1. The number of carbonyl (C=O) groups is 1. The largest absolute Gasteiger partial charge is 0.507 e. The molecule has 0 aliphatic carbocycles. The Morgan fingerprint density at radius 2 is 2.17 bits per heavy atom. The molecule has 0 aliphatic rings. The molecule has 0 unspecified atom stereocenters. The number of anilines is 1. The van der Waals surface area contributed by atoms with Crippen molar-refractivity contribution in [3.05, 3.63) is 53.1 Å². The summed E-state index contributed by atoms with van der Waals surface area (Å²) < 4.78 is 13.0. The minimum Gasteiger partial charge on any atom is -0.507 e. The summed E-state index contributed by atoms with van der Waals surface area (Å²) in [6, 6.07) is 4.61. The smallest absolute Gasteiger partial charge is 0.259 e. The molecular weight excluding hydrogens is 259 g/mol. The van der Waals surface area contributed by atoms with Gasteiger partial charge in [-0.25, -0.2) is 4.39 Å². The van der Waals surface area contributed by atoms with Gasteiger partial charge in [0.15, 0.2) is 0 Å². The molecule has 0 aliphatic heterocycles. The molecule has 0 saturated carbocycles. The van der Waals surface area contributed by atoms with E-state index in [0.29, 0.717) is 5.02 Å². The molecule has 2 aromatic rings. The number of phenolic OH excluding ortho intramolecular Hbond substituents is 1. The fourth-order valence-corrected chi connectivity index (χ4v) is 1.50. The number of carbonyl (C=O) groups excluding carboxylic acids is 1. The number of amides is 1. The maximum absolute atomic E-state index is 13.0. The van der Waals surface area contributed by atoms with Gasteiger partial charge in [-0.2, -0.15) is 0 Å². The number of halogens is 2. The van der Waals surface area contributed by atoms with Gasteiger partial charge >= 0.3 is 0 Å². The van der Waals surface area contributed by atoms with E-state index >= 15 is 0 Å².